The predicted octanol–water partition coefficient (Wildman–Crippen LogP) is 5.64. The van der Waals surface area contributed by atoms with Gasteiger partial charge in [-0.05, 0) is 54.4 Å². The van der Waals surface area contributed by atoms with E-state index >= 15 is 0 Å². The van der Waals surface area contributed by atoms with Gasteiger partial charge in [0.05, 0.1) is 11.3 Å². The number of Topliss-reactive ketones (excluding diaryl/α,β-unsaturated/α-hetero) is 1. The summed E-state index contributed by atoms with van der Waals surface area (Å²) in [7, 11) is 0. The lowest BCUT2D eigenvalue weighted by molar-refractivity contribution is -0.117. The maximum atomic E-state index is 14.1. The normalized spacial score (nSPS) is 10.6. The van der Waals surface area contributed by atoms with Crippen molar-refractivity contribution in [3.05, 3.63) is 99.0 Å². The summed E-state index contributed by atoms with van der Waals surface area (Å²) >= 11 is 3.35. The minimum atomic E-state index is -0.747. The fourth-order valence-corrected chi connectivity index (χ4v) is 3.17. The molecule has 3 aromatic rings. The Morgan fingerprint density at radius 1 is 0.862 bits per heavy atom. The number of nitrogens with one attached hydrogen (secondary N) is 1. The summed E-state index contributed by atoms with van der Waals surface area (Å²) < 4.78 is 29.0. The number of anilines is 1. The molecule has 0 bridgehead atoms. The van der Waals surface area contributed by atoms with E-state index in [-0.39, 0.29) is 29.9 Å². The third-order valence-corrected chi connectivity index (χ3v) is 4.89. The van der Waals surface area contributed by atoms with Gasteiger partial charge in [0, 0.05) is 17.3 Å². The molecular formula is C23H18BrF2NO2. The Morgan fingerprint density at radius 3 is 2.21 bits per heavy atom. The molecule has 0 aromatic heterocycles. The molecule has 0 saturated carbocycles. The Hall–Kier alpha value is -2.86. The largest absolute Gasteiger partial charge is 0.319 e. The fourth-order valence-electron chi connectivity index (χ4n) is 2.90. The second-order valence-corrected chi connectivity index (χ2v) is 7.69. The molecule has 1 N–H and O–H groups in total. The number of halogens is 3. The Labute approximate surface area is 175 Å². The van der Waals surface area contributed by atoms with Crippen LogP contribution in [0.15, 0.2) is 65.1 Å². The second-order valence-electron chi connectivity index (χ2n) is 6.77. The van der Waals surface area contributed by atoms with E-state index in [9.17, 15) is 18.4 Å². The number of carbonyl (C=O) groups excluding carboxylic acids is 2. The summed E-state index contributed by atoms with van der Waals surface area (Å²) in [5, 5.41) is 2.39. The first-order valence-electron chi connectivity index (χ1n) is 8.94. The third-order valence-electron chi connectivity index (χ3n) is 4.36. The van der Waals surface area contributed by atoms with Gasteiger partial charge in [-0.15, -0.1) is 0 Å². The van der Waals surface area contributed by atoms with Crippen molar-refractivity contribution >= 4 is 33.3 Å². The zero-order valence-corrected chi connectivity index (χ0v) is 17.2. The van der Waals surface area contributed by atoms with Crippen LogP contribution in [0.1, 0.15) is 27.0 Å². The molecular weight excluding hydrogens is 440 g/mol. The van der Waals surface area contributed by atoms with Crippen molar-refractivity contribution in [2.75, 3.05) is 5.32 Å². The van der Waals surface area contributed by atoms with Gasteiger partial charge in [-0.25, -0.2) is 8.78 Å². The lowest BCUT2D eigenvalue weighted by atomic mass is 10.0. The van der Waals surface area contributed by atoms with Crippen LogP contribution in [0.3, 0.4) is 0 Å². The molecule has 6 heteroatoms. The highest BCUT2D eigenvalue weighted by atomic mass is 79.9. The monoisotopic (exact) mass is 457 g/mol. The number of rotatable bonds is 6. The lowest BCUT2D eigenvalue weighted by Crippen LogP contribution is -2.15. The molecule has 3 aromatic carbocycles. The minimum Gasteiger partial charge on any atom is -0.319 e. The van der Waals surface area contributed by atoms with Crippen LogP contribution >= 0.6 is 15.9 Å². The Balaban J connectivity index is 1.72. The molecule has 0 saturated heterocycles. The number of hydrogen-bond acceptors (Lipinski definition) is 2. The summed E-state index contributed by atoms with van der Waals surface area (Å²) in [6, 6.07) is 15.7. The molecule has 148 valence electrons. The van der Waals surface area contributed by atoms with Crippen LogP contribution < -0.4 is 5.32 Å². The van der Waals surface area contributed by atoms with Crippen LogP contribution in [-0.4, -0.2) is 11.7 Å². The topological polar surface area (TPSA) is 46.2 Å². The van der Waals surface area contributed by atoms with Crippen molar-refractivity contribution < 1.29 is 18.4 Å². The number of hydrogen-bond donors (Lipinski definition) is 1. The number of carbonyl (C=O) groups is 2. The van der Waals surface area contributed by atoms with E-state index < -0.39 is 17.5 Å². The third kappa shape index (κ3) is 5.57. The molecule has 0 heterocycles. The van der Waals surface area contributed by atoms with Gasteiger partial charge in [0.25, 0.3) is 5.91 Å². The summed E-state index contributed by atoms with van der Waals surface area (Å²) in [6.45, 7) is 1.73. The standard InChI is InChI=1S/C23H18BrF2NO2/c1-14-2-8-20(25)19(10-14)23(29)27-22-13-16(5-9-21(22)26)12-18(28)11-15-3-6-17(24)7-4-15/h2-10,13H,11-12H2,1H3,(H,27,29). The summed E-state index contributed by atoms with van der Waals surface area (Å²) in [6.07, 6.45) is 0.346. The Morgan fingerprint density at radius 2 is 1.48 bits per heavy atom. The first kappa shape index (κ1) is 20.9. The summed E-state index contributed by atoms with van der Waals surface area (Å²) in [5.74, 6) is -2.13. The Bertz CT molecular complexity index is 1060. The molecule has 0 aliphatic heterocycles. The maximum absolute atomic E-state index is 14.1. The highest BCUT2D eigenvalue weighted by Crippen LogP contribution is 2.20. The van der Waals surface area contributed by atoms with Crippen LogP contribution in [0.4, 0.5) is 14.5 Å². The van der Waals surface area contributed by atoms with Crippen molar-refractivity contribution in [3.8, 4) is 0 Å². The first-order chi connectivity index (χ1) is 13.8. The molecule has 0 unspecified atom stereocenters. The van der Waals surface area contributed by atoms with Crippen molar-refractivity contribution in [2.24, 2.45) is 0 Å². The van der Waals surface area contributed by atoms with Gasteiger partial charge in [-0.3, -0.25) is 9.59 Å². The van der Waals surface area contributed by atoms with E-state index in [0.717, 1.165) is 10.0 Å². The molecule has 0 fully saturated rings. The van der Waals surface area contributed by atoms with Crippen LogP contribution in [-0.2, 0) is 17.6 Å². The minimum absolute atomic E-state index is 0.0408. The zero-order chi connectivity index (χ0) is 21.0. The van der Waals surface area contributed by atoms with E-state index in [4.69, 9.17) is 0 Å². The van der Waals surface area contributed by atoms with Gasteiger partial charge in [-0.1, -0.05) is 45.8 Å². The van der Waals surface area contributed by atoms with Gasteiger partial charge in [0.15, 0.2) is 0 Å². The van der Waals surface area contributed by atoms with Gasteiger partial charge in [0.2, 0.25) is 0 Å². The van der Waals surface area contributed by atoms with E-state index in [2.05, 4.69) is 21.2 Å². The SMILES string of the molecule is Cc1ccc(F)c(C(=O)Nc2cc(CC(=O)Cc3ccc(Br)cc3)ccc2F)c1. The highest BCUT2D eigenvalue weighted by molar-refractivity contribution is 9.10. The molecule has 29 heavy (non-hydrogen) atoms. The number of amides is 1. The molecule has 0 atom stereocenters. The summed E-state index contributed by atoms with van der Waals surface area (Å²) in [5.41, 5.74) is 1.90. The van der Waals surface area contributed by atoms with E-state index in [0.29, 0.717) is 11.1 Å². The number of benzene rings is 3. The molecule has 1 amide bonds. The van der Waals surface area contributed by atoms with Gasteiger partial charge in [0.1, 0.15) is 17.4 Å². The van der Waals surface area contributed by atoms with Crippen molar-refractivity contribution in [1.82, 2.24) is 0 Å². The fraction of sp³-hybridized carbons (Fsp3) is 0.130. The molecule has 0 radical (unpaired) electrons. The van der Waals surface area contributed by atoms with Gasteiger partial charge >= 0.3 is 0 Å². The second kappa shape index (κ2) is 9.09. The van der Waals surface area contributed by atoms with E-state index in [1.54, 1.807) is 13.0 Å². The average Bonchev–Trinajstić information content (AvgIpc) is 2.68. The van der Waals surface area contributed by atoms with Crippen molar-refractivity contribution in [3.63, 3.8) is 0 Å². The zero-order valence-electron chi connectivity index (χ0n) is 15.6. The number of aryl methyl sites for hydroxylation is 1. The first-order valence-corrected chi connectivity index (χ1v) is 9.73. The van der Waals surface area contributed by atoms with E-state index in [1.807, 2.05) is 24.3 Å². The van der Waals surface area contributed by atoms with Crippen molar-refractivity contribution in [1.29, 1.82) is 0 Å². The molecule has 0 spiro atoms. The summed E-state index contributed by atoms with van der Waals surface area (Å²) in [4.78, 5) is 24.7. The smallest absolute Gasteiger partial charge is 0.258 e. The molecule has 0 aliphatic carbocycles. The molecule has 3 rings (SSSR count). The highest BCUT2D eigenvalue weighted by Gasteiger charge is 2.15. The average molecular weight is 458 g/mol. The molecule has 0 aliphatic rings. The number of ketones is 1. The lowest BCUT2D eigenvalue weighted by Gasteiger charge is -2.10. The van der Waals surface area contributed by atoms with Crippen LogP contribution in [0.25, 0.3) is 0 Å². The van der Waals surface area contributed by atoms with Crippen molar-refractivity contribution in [2.45, 2.75) is 19.8 Å². The van der Waals surface area contributed by atoms with Crippen LogP contribution in [0, 0.1) is 18.6 Å². The Kier molecular flexibility index (Phi) is 6.54. The maximum Gasteiger partial charge on any atom is 0.258 e. The predicted molar refractivity (Wildman–Crippen MR) is 112 cm³/mol. The van der Waals surface area contributed by atoms with E-state index in [1.165, 1.54) is 30.3 Å². The van der Waals surface area contributed by atoms with Crippen LogP contribution in [0.5, 0.6) is 0 Å². The van der Waals surface area contributed by atoms with Gasteiger partial charge in [-0.2, -0.15) is 0 Å². The van der Waals surface area contributed by atoms with Gasteiger partial charge < -0.3 is 5.32 Å². The quantitative estimate of drug-likeness (QED) is 0.520. The van der Waals surface area contributed by atoms with Crippen LogP contribution in [0.2, 0.25) is 0 Å². The molecule has 3 nitrogen and oxygen atoms in total.